The van der Waals surface area contributed by atoms with Crippen molar-refractivity contribution < 1.29 is 62.3 Å². The highest BCUT2D eigenvalue weighted by atomic mass is 32.1. The first-order valence-corrected chi connectivity index (χ1v) is 15.4. The molecule has 6 rings (SSSR count). The van der Waals surface area contributed by atoms with Gasteiger partial charge in [-0.15, -0.1) is 22.7 Å². The molecule has 0 N–H and O–H groups in total. The maximum Gasteiger partial charge on any atom is 0.416 e. The number of thiophene rings is 2. The van der Waals surface area contributed by atoms with Crippen LogP contribution in [0.2, 0.25) is 0 Å². The Morgan fingerprint density at radius 3 is 0.960 bits per heavy atom. The van der Waals surface area contributed by atoms with Gasteiger partial charge in [0.1, 0.15) is 0 Å². The van der Waals surface area contributed by atoms with Crippen molar-refractivity contribution in [2.24, 2.45) is 0 Å². The number of amides is 2. The molecule has 4 aromatic rings. The topological polar surface area (TPSA) is 40.6 Å². The normalized spacial score (nSPS) is 16.0. The van der Waals surface area contributed by atoms with Gasteiger partial charge in [-0.2, -0.15) is 52.7 Å². The monoisotopic (exact) mass is 752 g/mol. The first kappa shape index (κ1) is 35.3. The van der Waals surface area contributed by atoms with E-state index in [2.05, 4.69) is 0 Å². The molecule has 2 amide bonds. The van der Waals surface area contributed by atoms with Crippen LogP contribution >= 0.6 is 22.7 Å². The van der Waals surface area contributed by atoms with Crippen LogP contribution in [0.25, 0.3) is 32.3 Å². The smallest absolute Gasteiger partial charge is 0.309 e. The third kappa shape index (κ3) is 6.07. The molecule has 4 nitrogen and oxygen atoms in total. The average molecular weight is 753 g/mol. The Kier molecular flexibility index (Phi) is 8.09. The molecule has 2 aromatic heterocycles. The fourth-order valence-corrected chi connectivity index (χ4v) is 7.70. The zero-order valence-corrected chi connectivity index (χ0v) is 26.5. The molecule has 0 spiro atoms. The standard InChI is InChI=1S/C32H16F12N2O2S2/c1-45-25(21-5-3-19(49-21)13-7-15(29(33,34)35)11-16(8-13)30(36,37)38)23-24(27(45)47)26(46(2)28(23)48)22-6-4-20(50-22)14-9-17(31(39,40)41)12-18(10-14)32(42,43)44/h3-12H,1-2H3. The maximum atomic E-state index is 13.6. The summed E-state index contributed by atoms with van der Waals surface area (Å²) in [6.45, 7) is 0. The molecular weight excluding hydrogens is 736 g/mol. The van der Waals surface area contributed by atoms with E-state index in [-0.39, 0.29) is 54.2 Å². The van der Waals surface area contributed by atoms with Crippen LogP contribution < -0.4 is 0 Å². The van der Waals surface area contributed by atoms with Crippen LogP contribution in [0.5, 0.6) is 0 Å². The summed E-state index contributed by atoms with van der Waals surface area (Å²) >= 11 is 1.45. The number of nitrogens with zero attached hydrogens (tertiary/aromatic N) is 2. The Labute approximate surface area is 281 Å². The molecule has 0 saturated carbocycles. The second kappa shape index (κ2) is 11.5. The predicted molar refractivity (Wildman–Crippen MR) is 159 cm³/mol. The molecule has 0 atom stereocenters. The molecule has 2 aliphatic rings. The lowest BCUT2D eigenvalue weighted by Crippen LogP contribution is -2.24. The number of fused-ring (bicyclic) bond motifs is 1. The molecule has 2 aromatic carbocycles. The Morgan fingerprint density at radius 1 is 0.440 bits per heavy atom. The van der Waals surface area contributed by atoms with Crippen LogP contribution in [0.15, 0.2) is 71.8 Å². The lowest BCUT2D eigenvalue weighted by molar-refractivity contribution is -0.144. The number of rotatable bonds is 4. The predicted octanol–water partition coefficient (Wildman–Crippen LogP) is 10.3. The van der Waals surface area contributed by atoms with Gasteiger partial charge in [0.15, 0.2) is 0 Å². The molecule has 0 bridgehead atoms. The van der Waals surface area contributed by atoms with Crippen LogP contribution in [-0.2, 0) is 34.3 Å². The summed E-state index contributed by atoms with van der Waals surface area (Å²) in [5, 5.41) is 0. The second-order valence-corrected chi connectivity index (χ2v) is 13.3. The summed E-state index contributed by atoms with van der Waals surface area (Å²) in [5.41, 5.74) is -7.29. The van der Waals surface area contributed by atoms with E-state index in [0.717, 1.165) is 32.5 Å². The van der Waals surface area contributed by atoms with Crippen molar-refractivity contribution in [2.45, 2.75) is 24.7 Å². The molecule has 50 heavy (non-hydrogen) atoms. The van der Waals surface area contributed by atoms with Gasteiger partial charge in [-0.1, -0.05) is 0 Å². The molecule has 4 heterocycles. The molecule has 0 aliphatic carbocycles. The molecule has 2 aliphatic heterocycles. The van der Waals surface area contributed by atoms with Gasteiger partial charge in [0, 0.05) is 23.8 Å². The summed E-state index contributed by atoms with van der Waals surface area (Å²) < 4.78 is 162. The van der Waals surface area contributed by atoms with Crippen molar-refractivity contribution in [3.05, 3.63) is 104 Å². The van der Waals surface area contributed by atoms with E-state index in [0.29, 0.717) is 24.3 Å². The van der Waals surface area contributed by atoms with Crippen LogP contribution in [0.1, 0.15) is 32.0 Å². The Hall–Kier alpha value is -4.58. The minimum absolute atomic E-state index is 0.000554. The Bertz CT molecular complexity index is 1930. The number of carbonyl (C=O) groups is 2. The first-order valence-electron chi connectivity index (χ1n) is 13.8. The molecule has 262 valence electrons. The number of benzene rings is 2. The molecule has 0 saturated heterocycles. The highest BCUT2D eigenvalue weighted by Crippen LogP contribution is 2.50. The van der Waals surface area contributed by atoms with Crippen molar-refractivity contribution in [3.8, 4) is 20.9 Å². The van der Waals surface area contributed by atoms with E-state index in [1.54, 1.807) is 0 Å². The third-order valence-electron chi connectivity index (χ3n) is 7.85. The lowest BCUT2D eigenvalue weighted by Gasteiger charge is -2.18. The molecule has 18 heteroatoms. The van der Waals surface area contributed by atoms with Crippen molar-refractivity contribution in [2.75, 3.05) is 14.1 Å². The number of hydrogen-bond donors (Lipinski definition) is 0. The van der Waals surface area contributed by atoms with Gasteiger partial charge in [-0.05, 0) is 71.8 Å². The minimum Gasteiger partial charge on any atom is -0.309 e. The number of likely N-dealkylation sites (N-methyl/N-ethyl adjacent to an activating group) is 2. The Balaban J connectivity index is 1.45. The fourth-order valence-electron chi connectivity index (χ4n) is 5.54. The highest BCUT2D eigenvalue weighted by Gasteiger charge is 2.47. The van der Waals surface area contributed by atoms with E-state index in [9.17, 15) is 62.3 Å². The van der Waals surface area contributed by atoms with Crippen LogP contribution in [0.4, 0.5) is 52.7 Å². The summed E-state index contributed by atoms with van der Waals surface area (Å²) in [7, 11) is 2.57. The summed E-state index contributed by atoms with van der Waals surface area (Å²) in [4.78, 5) is 29.5. The first-order chi connectivity index (χ1) is 23.0. The maximum absolute atomic E-state index is 13.6. The van der Waals surface area contributed by atoms with Crippen molar-refractivity contribution in [3.63, 3.8) is 0 Å². The van der Waals surface area contributed by atoms with Crippen molar-refractivity contribution >= 4 is 45.9 Å². The van der Waals surface area contributed by atoms with Gasteiger partial charge in [-0.25, -0.2) is 0 Å². The quantitative estimate of drug-likeness (QED) is 0.195. The van der Waals surface area contributed by atoms with Crippen molar-refractivity contribution in [1.82, 2.24) is 9.80 Å². The SMILES string of the molecule is CN1C(=O)C2=C(c3ccc(-c4cc(C(F)(F)F)cc(C(F)(F)F)c4)s3)N(C)C(=O)C2=C1c1ccc(-c2cc(C(F)(F)F)cc(C(F)(F)F)c2)s1. The van der Waals surface area contributed by atoms with Crippen molar-refractivity contribution in [1.29, 1.82) is 0 Å². The minimum atomic E-state index is -5.10. The van der Waals surface area contributed by atoms with Gasteiger partial charge < -0.3 is 9.80 Å². The zero-order chi connectivity index (χ0) is 36.9. The number of carbonyl (C=O) groups excluding carboxylic acids is 2. The zero-order valence-electron chi connectivity index (χ0n) is 24.8. The third-order valence-corrected chi connectivity index (χ3v) is 10.1. The van der Waals surface area contributed by atoms with Gasteiger partial charge in [-0.3, -0.25) is 9.59 Å². The summed E-state index contributed by atoms with van der Waals surface area (Å²) in [5.74, 6) is -1.46. The molecule has 0 unspecified atom stereocenters. The van der Waals surface area contributed by atoms with Crippen LogP contribution in [0.3, 0.4) is 0 Å². The molecular formula is C32H16F12N2O2S2. The van der Waals surface area contributed by atoms with E-state index in [4.69, 9.17) is 0 Å². The van der Waals surface area contributed by atoms with Crippen LogP contribution in [-0.4, -0.2) is 35.7 Å². The van der Waals surface area contributed by atoms with Gasteiger partial charge in [0.2, 0.25) is 0 Å². The van der Waals surface area contributed by atoms with E-state index in [1.807, 2.05) is 0 Å². The molecule has 0 fully saturated rings. The van der Waals surface area contributed by atoms with Crippen LogP contribution in [0, 0.1) is 0 Å². The van der Waals surface area contributed by atoms with Gasteiger partial charge >= 0.3 is 24.7 Å². The number of hydrogen-bond acceptors (Lipinski definition) is 4. The van der Waals surface area contributed by atoms with E-state index in [1.165, 1.54) is 38.4 Å². The van der Waals surface area contributed by atoms with E-state index >= 15 is 0 Å². The number of alkyl halides is 12. The molecule has 0 radical (unpaired) electrons. The largest absolute Gasteiger partial charge is 0.416 e. The summed E-state index contributed by atoms with van der Waals surface area (Å²) in [6, 6.07) is 7.26. The summed E-state index contributed by atoms with van der Waals surface area (Å²) in [6.07, 6.45) is -20.4. The van der Waals surface area contributed by atoms with Gasteiger partial charge in [0.25, 0.3) is 11.8 Å². The second-order valence-electron chi connectivity index (χ2n) is 11.1. The highest BCUT2D eigenvalue weighted by molar-refractivity contribution is 7.17. The lowest BCUT2D eigenvalue weighted by atomic mass is 10.0. The van der Waals surface area contributed by atoms with E-state index < -0.39 is 69.9 Å². The fraction of sp³-hybridized carbons (Fsp3) is 0.188. The Morgan fingerprint density at radius 2 is 0.700 bits per heavy atom. The van der Waals surface area contributed by atoms with Gasteiger partial charge in [0.05, 0.1) is 54.5 Å². The number of halogens is 12. The average Bonchev–Trinajstić information content (AvgIpc) is 3.78.